The lowest BCUT2D eigenvalue weighted by Crippen LogP contribution is -2.04. The Kier molecular flexibility index (Phi) is 3.74. The minimum Gasteiger partial charge on any atom is -0.298 e. The summed E-state index contributed by atoms with van der Waals surface area (Å²) in [6, 6.07) is 3.35. The summed E-state index contributed by atoms with van der Waals surface area (Å²) in [4.78, 5) is 20.4. The van der Waals surface area contributed by atoms with Crippen molar-refractivity contribution >= 4 is 23.1 Å². The fraction of sp³-hybridized carbons (Fsp3) is 0.222. The van der Waals surface area contributed by atoms with Crippen molar-refractivity contribution in [3.05, 3.63) is 39.7 Å². The van der Waals surface area contributed by atoms with Crippen LogP contribution in [0.5, 0.6) is 0 Å². The van der Waals surface area contributed by atoms with Crippen molar-refractivity contribution in [1.82, 2.24) is 0 Å². The molecular weight excluding hydrogens is 225 g/mol. The molecule has 1 rings (SSSR count). The number of hydrogen-bond acceptors (Lipinski definition) is 3. The summed E-state index contributed by atoms with van der Waals surface area (Å²) in [5.74, 6) is -1.36. The summed E-state index contributed by atoms with van der Waals surface area (Å²) < 4.78 is 13.1. The molecule has 15 heavy (non-hydrogen) atoms. The molecule has 0 atom stereocenters. The Bertz CT molecular complexity index is 408. The molecular formula is C9H7ClFNO3. The molecule has 0 aliphatic rings. The number of carbonyl (C=O) groups is 1. The topological polar surface area (TPSA) is 60.2 Å². The second kappa shape index (κ2) is 4.84. The van der Waals surface area contributed by atoms with Gasteiger partial charge >= 0.3 is 5.69 Å². The molecule has 0 fully saturated rings. The van der Waals surface area contributed by atoms with Crippen LogP contribution in [0.4, 0.5) is 10.1 Å². The van der Waals surface area contributed by atoms with Crippen molar-refractivity contribution in [2.24, 2.45) is 0 Å². The van der Waals surface area contributed by atoms with Crippen molar-refractivity contribution in [2.45, 2.75) is 6.42 Å². The van der Waals surface area contributed by atoms with E-state index in [2.05, 4.69) is 0 Å². The smallest absolute Gasteiger partial charge is 0.298 e. The Morgan fingerprint density at radius 2 is 2.20 bits per heavy atom. The minimum atomic E-state index is -0.945. The Morgan fingerprint density at radius 1 is 1.53 bits per heavy atom. The van der Waals surface area contributed by atoms with Crippen LogP contribution in [-0.2, 0) is 11.2 Å². The SMILES string of the molecule is O=C(CCl)Cc1ccc([N+](=O)[O-])c(F)c1. The van der Waals surface area contributed by atoms with Gasteiger partial charge < -0.3 is 0 Å². The quantitative estimate of drug-likeness (QED) is 0.453. The van der Waals surface area contributed by atoms with E-state index in [0.717, 1.165) is 12.1 Å². The molecule has 1 aromatic rings. The first-order valence-corrected chi connectivity index (χ1v) is 4.58. The van der Waals surface area contributed by atoms with Gasteiger partial charge in [0.05, 0.1) is 10.8 Å². The van der Waals surface area contributed by atoms with Crippen LogP contribution < -0.4 is 0 Å². The highest BCUT2D eigenvalue weighted by Gasteiger charge is 2.14. The number of halogens is 2. The third-order valence-electron chi connectivity index (χ3n) is 1.76. The van der Waals surface area contributed by atoms with E-state index in [9.17, 15) is 19.3 Å². The highest BCUT2D eigenvalue weighted by molar-refractivity contribution is 6.27. The third-order valence-corrected chi connectivity index (χ3v) is 2.06. The van der Waals surface area contributed by atoms with Gasteiger partial charge in [0.1, 0.15) is 0 Å². The van der Waals surface area contributed by atoms with E-state index in [1.807, 2.05) is 0 Å². The standard InChI is InChI=1S/C9H7ClFNO3/c10-5-7(13)3-6-1-2-9(12(14)15)8(11)4-6/h1-2,4H,3,5H2. The van der Waals surface area contributed by atoms with Crippen molar-refractivity contribution in [2.75, 3.05) is 5.88 Å². The normalized spacial score (nSPS) is 10.0. The number of benzene rings is 1. The highest BCUT2D eigenvalue weighted by atomic mass is 35.5. The van der Waals surface area contributed by atoms with Gasteiger partial charge in [0.2, 0.25) is 5.82 Å². The second-order valence-corrected chi connectivity index (χ2v) is 3.16. The maximum atomic E-state index is 13.1. The summed E-state index contributed by atoms with van der Waals surface area (Å²) in [6.07, 6.45) is -0.0155. The molecule has 0 aliphatic carbocycles. The monoisotopic (exact) mass is 231 g/mol. The van der Waals surface area contributed by atoms with Crippen LogP contribution in [0.1, 0.15) is 5.56 Å². The van der Waals surface area contributed by atoms with Crippen LogP contribution in [0.15, 0.2) is 18.2 Å². The lowest BCUT2D eigenvalue weighted by molar-refractivity contribution is -0.387. The zero-order valence-corrected chi connectivity index (χ0v) is 8.33. The zero-order valence-electron chi connectivity index (χ0n) is 7.57. The van der Waals surface area contributed by atoms with Crippen LogP contribution in [0.25, 0.3) is 0 Å². The van der Waals surface area contributed by atoms with Crippen molar-refractivity contribution in [1.29, 1.82) is 0 Å². The Hall–Kier alpha value is -1.49. The average molecular weight is 232 g/mol. The highest BCUT2D eigenvalue weighted by Crippen LogP contribution is 2.18. The van der Waals surface area contributed by atoms with Gasteiger partial charge in [-0.15, -0.1) is 11.6 Å². The molecule has 0 amide bonds. The van der Waals surface area contributed by atoms with Gasteiger partial charge in [0.15, 0.2) is 5.78 Å². The van der Waals surface area contributed by atoms with Gasteiger partial charge in [0, 0.05) is 12.5 Å². The van der Waals surface area contributed by atoms with Crippen LogP contribution in [-0.4, -0.2) is 16.6 Å². The van der Waals surface area contributed by atoms with Gasteiger partial charge in [0.25, 0.3) is 0 Å². The zero-order chi connectivity index (χ0) is 11.4. The largest absolute Gasteiger partial charge is 0.304 e. The van der Waals surface area contributed by atoms with Crippen LogP contribution in [0.3, 0.4) is 0 Å². The maximum absolute atomic E-state index is 13.1. The van der Waals surface area contributed by atoms with Gasteiger partial charge in [-0.25, -0.2) is 0 Å². The lowest BCUT2D eigenvalue weighted by Gasteiger charge is -1.99. The molecule has 0 aliphatic heterocycles. The predicted octanol–water partition coefficient (Wildman–Crippen LogP) is 2.08. The number of rotatable bonds is 4. The number of nitro benzene ring substituents is 1. The average Bonchev–Trinajstić information content (AvgIpc) is 2.17. The minimum absolute atomic E-state index is 0.0155. The summed E-state index contributed by atoms with van der Waals surface area (Å²) in [7, 11) is 0. The molecule has 1 aromatic carbocycles. The van der Waals surface area contributed by atoms with Crippen molar-refractivity contribution in [3.8, 4) is 0 Å². The summed E-state index contributed by atoms with van der Waals surface area (Å²) in [5.41, 5.74) is -0.221. The number of hydrogen-bond donors (Lipinski definition) is 0. The van der Waals surface area contributed by atoms with E-state index in [4.69, 9.17) is 11.6 Å². The van der Waals surface area contributed by atoms with Gasteiger partial charge in [-0.05, 0) is 11.6 Å². The number of alkyl halides is 1. The molecule has 0 spiro atoms. The Balaban J connectivity index is 2.91. The lowest BCUT2D eigenvalue weighted by atomic mass is 10.1. The van der Waals surface area contributed by atoms with Gasteiger partial charge in [-0.2, -0.15) is 4.39 Å². The fourth-order valence-electron chi connectivity index (χ4n) is 1.08. The number of ketones is 1. The third kappa shape index (κ3) is 2.99. The first-order valence-electron chi connectivity index (χ1n) is 4.05. The number of nitro groups is 1. The number of carbonyl (C=O) groups excluding carboxylic acids is 1. The van der Waals surface area contributed by atoms with Crippen LogP contribution >= 0.6 is 11.6 Å². The summed E-state index contributed by atoms with van der Waals surface area (Å²) in [6.45, 7) is 0. The van der Waals surface area contributed by atoms with Crippen molar-refractivity contribution in [3.63, 3.8) is 0 Å². The Morgan fingerprint density at radius 3 is 2.67 bits per heavy atom. The fourth-order valence-corrected chi connectivity index (χ4v) is 1.18. The molecule has 0 saturated carbocycles. The first-order chi connectivity index (χ1) is 7.04. The van der Waals surface area contributed by atoms with Crippen LogP contribution in [0.2, 0.25) is 0 Å². The van der Waals surface area contributed by atoms with Crippen molar-refractivity contribution < 1.29 is 14.1 Å². The van der Waals surface area contributed by atoms with E-state index in [-0.39, 0.29) is 18.1 Å². The predicted molar refractivity (Wildman–Crippen MR) is 52.5 cm³/mol. The molecule has 0 saturated heterocycles. The number of Topliss-reactive ketones (excluding diaryl/α,β-unsaturated/α-hetero) is 1. The van der Waals surface area contributed by atoms with Gasteiger partial charge in [-0.3, -0.25) is 14.9 Å². The summed E-state index contributed by atoms with van der Waals surface area (Å²) >= 11 is 5.27. The van der Waals surface area contributed by atoms with E-state index in [1.54, 1.807) is 0 Å². The van der Waals surface area contributed by atoms with E-state index in [1.165, 1.54) is 6.07 Å². The summed E-state index contributed by atoms with van der Waals surface area (Å²) in [5, 5.41) is 10.3. The van der Waals surface area contributed by atoms with Gasteiger partial charge in [-0.1, -0.05) is 6.07 Å². The molecule has 0 N–H and O–H groups in total. The Labute approximate surface area is 89.8 Å². The molecule has 4 nitrogen and oxygen atoms in total. The molecule has 0 heterocycles. The molecule has 80 valence electrons. The number of nitrogens with zero attached hydrogens (tertiary/aromatic N) is 1. The van der Waals surface area contributed by atoms with Crippen LogP contribution in [0, 0.1) is 15.9 Å². The second-order valence-electron chi connectivity index (χ2n) is 2.89. The van der Waals surface area contributed by atoms with E-state index in [0.29, 0.717) is 5.56 Å². The molecule has 0 unspecified atom stereocenters. The molecule has 0 bridgehead atoms. The molecule has 0 radical (unpaired) electrons. The van der Waals surface area contributed by atoms with E-state index >= 15 is 0 Å². The first kappa shape index (κ1) is 11.6. The molecule has 6 heteroatoms. The maximum Gasteiger partial charge on any atom is 0.304 e. The molecule has 0 aromatic heterocycles. The van der Waals surface area contributed by atoms with E-state index < -0.39 is 16.4 Å².